The minimum atomic E-state index is -1.02. The molecule has 2 aromatic carbocycles. The number of amides is 2. The lowest BCUT2D eigenvalue weighted by Gasteiger charge is -2.34. The summed E-state index contributed by atoms with van der Waals surface area (Å²) in [6.07, 6.45) is 0.375. The largest absolute Gasteiger partial charge is 0.431 e. The Morgan fingerprint density at radius 3 is 2.32 bits per heavy atom. The highest BCUT2D eigenvalue weighted by atomic mass is 35.5. The van der Waals surface area contributed by atoms with E-state index in [-0.39, 0.29) is 5.91 Å². The van der Waals surface area contributed by atoms with E-state index in [1.807, 2.05) is 18.2 Å². The Kier molecular flexibility index (Phi) is 8.32. The van der Waals surface area contributed by atoms with Crippen LogP contribution in [0.1, 0.15) is 38.4 Å². The Morgan fingerprint density at radius 1 is 1.06 bits per heavy atom. The van der Waals surface area contributed by atoms with Crippen molar-refractivity contribution < 1.29 is 14.3 Å². The van der Waals surface area contributed by atoms with Gasteiger partial charge in [-0.15, -0.1) is 0 Å². The molecule has 1 atom stereocenters. The van der Waals surface area contributed by atoms with Gasteiger partial charge in [0.25, 0.3) is 5.91 Å². The fourth-order valence-electron chi connectivity index (χ4n) is 3.70. The molecule has 6 nitrogen and oxygen atoms in total. The molecule has 2 N–H and O–H groups in total. The lowest BCUT2D eigenvalue weighted by Crippen LogP contribution is -2.42. The predicted octanol–water partition coefficient (Wildman–Crippen LogP) is 4.87. The average molecular weight is 444 g/mol. The molecule has 1 fully saturated rings. The van der Waals surface area contributed by atoms with Gasteiger partial charge in [0.15, 0.2) is 0 Å². The first-order chi connectivity index (χ1) is 14.9. The molecule has 0 bridgehead atoms. The Labute approximate surface area is 188 Å². The Morgan fingerprint density at radius 2 is 1.71 bits per heavy atom. The van der Waals surface area contributed by atoms with Crippen LogP contribution >= 0.6 is 11.6 Å². The molecule has 1 aliphatic rings. The summed E-state index contributed by atoms with van der Waals surface area (Å²) in [5.74, 6) is 0.113. The van der Waals surface area contributed by atoms with Crippen molar-refractivity contribution in [1.82, 2.24) is 10.2 Å². The molecule has 31 heavy (non-hydrogen) atoms. The van der Waals surface area contributed by atoms with Crippen LogP contribution in [0.15, 0.2) is 54.6 Å². The van der Waals surface area contributed by atoms with Gasteiger partial charge in [0.1, 0.15) is 0 Å². The number of nitrogens with one attached hydrogen (secondary N) is 2. The number of halogens is 1. The van der Waals surface area contributed by atoms with Crippen LogP contribution in [0.3, 0.4) is 0 Å². The maximum Gasteiger partial charge on any atom is 0.412 e. The standard InChI is InChI=1S/C24H30ClN3O3/c1-17(2)28-14-12-18(13-15-28)16-26-23(29)22(19-6-4-3-5-7-19)31-24(30)27-21-10-8-20(25)9-11-21/h3-11,17-18,22H,12-16H2,1-2H3,(H,26,29)(H,27,30)/t22-/m1/s1. The van der Waals surface area contributed by atoms with Gasteiger partial charge in [-0.1, -0.05) is 41.9 Å². The van der Waals surface area contributed by atoms with Gasteiger partial charge >= 0.3 is 6.09 Å². The van der Waals surface area contributed by atoms with E-state index in [9.17, 15) is 9.59 Å². The predicted molar refractivity (Wildman–Crippen MR) is 123 cm³/mol. The van der Waals surface area contributed by atoms with Crippen molar-refractivity contribution >= 4 is 29.3 Å². The maximum atomic E-state index is 12.9. The minimum Gasteiger partial charge on any atom is -0.431 e. The van der Waals surface area contributed by atoms with Crippen LogP contribution in [0.4, 0.5) is 10.5 Å². The summed E-state index contributed by atoms with van der Waals surface area (Å²) in [6.45, 7) is 7.08. The fourth-order valence-corrected chi connectivity index (χ4v) is 3.83. The molecule has 1 saturated heterocycles. The molecule has 0 aliphatic carbocycles. The highest BCUT2D eigenvalue weighted by molar-refractivity contribution is 6.30. The summed E-state index contributed by atoms with van der Waals surface area (Å²) in [5, 5.41) is 6.20. The average Bonchev–Trinajstić information content (AvgIpc) is 2.78. The highest BCUT2D eigenvalue weighted by Gasteiger charge is 2.27. The van der Waals surface area contributed by atoms with Crippen molar-refractivity contribution in [2.24, 2.45) is 5.92 Å². The third-order valence-electron chi connectivity index (χ3n) is 5.60. The van der Waals surface area contributed by atoms with E-state index in [1.165, 1.54) is 0 Å². The Balaban J connectivity index is 1.59. The van der Waals surface area contributed by atoms with E-state index >= 15 is 0 Å². The van der Waals surface area contributed by atoms with Crippen LogP contribution in [0.25, 0.3) is 0 Å². The lowest BCUT2D eigenvalue weighted by molar-refractivity contribution is -0.129. The summed E-state index contributed by atoms with van der Waals surface area (Å²) in [4.78, 5) is 27.8. The van der Waals surface area contributed by atoms with Crippen LogP contribution < -0.4 is 10.6 Å². The van der Waals surface area contributed by atoms with E-state index in [0.717, 1.165) is 25.9 Å². The van der Waals surface area contributed by atoms with E-state index in [0.29, 0.717) is 34.8 Å². The van der Waals surface area contributed by atoms with Crippen LogP contribution in [0, 0.1) is 5.92 Å². The van der Waals surface area contributed by atoms with Crippen LogP contribution in [0.2, 0.25) is 5.02 Å². The van der Waals surface area contributed by atoms with Crippen molar-refractivity contribution in [3.05, 3.63) is 65.2 Å². The van der Waals surface area contributed by atoms with Crippen LogP contribution in [0.5, 0.6) is 0 Å². The number of hydrogen-bond donors (Lipinski definition) is 2. The molecule has 3 rings (SSSR count). The molecule has 0 spiro atoms. The second-order valence-corrected chi connectivity index (χ2v) is 8.58. The second-order valence-electron chi connectivity index (χ2n) is 8.15. The van der Waals surface area contributed by atoms with Crippen LogP contribution in [-0.4, -0.2) is 42.6 Å². The molecule has 0 saturated carbocycles. The molecule has 166 valence electrons. The maximum absolute atomic E-state index is 12.9. The molecule has 0 radical (unpaired) electrons. The molecule has 7 heteroatoms. The number of rotatable bonds is 7. The molecule has 1 heterocycles. The molecular formula is C24H30ClN3O3. The molecular weight excluding hydrogens is 414 g/mol. The fraction of sp³-hybridized carbons (Fsp3) is 0.417. The number of carbonyl (C=O) groups is 2. The van der Waals surface area contributed by atoms with Gasteiger partial charge in [-0.3, -0.25) is 10.1 Å². The zero-order valence-electron chi connectivity index (χ0n) is 18.0. The van der Waals surface area contributed by atoms with Crippen molar-refractivity contribution in [1.29, 1.82) is 0 Å². The number of ether oxygens (including phenoxy) is 1. The Bertz CT molecular complexity index is 850. The summed E-state index contributed by atoms with van der Waals surface area (Å²) in [5.41, 5.74) is 1.17. The van der Waals surface area contributed by atoms with E-state index in [4.69, 9.17) is 16.3 Å². The van der Waals surface area contributed by atoms with Gasteiger partial charge in [0, 0.05) is 28.9 Å². The smallest absolute Gasteiger partial charge is 0.412 e. The zero-order chi connectivity index (χ0) is 22.2. The number of hydrogen-bond acceptors (Lipinski definition) is 4. The van der Waals surface area contributed by atoms with Gasteiger partial charge in [0.05, 0.1) is 0 Å². The monoisotopic (exact) mass is 443 g/mol. The number of nitrogens with zero attached hydrogens (tertiary/aromatic N) is 1. The van der Waals surface area contributed by atoms with Gasteiger partial charge in [0.2, 0.25) is 6.10 Å². The van der Waals surface area contributed by atoms with Crippen molar-refractivity contribution in [3.63, 3.8) is 0 Å². The number of likely N-dealkylation sites (tertiary alicyclic amines) is 1. The third kappa shape index (κ3) is 6.97. The minimum absolute atomic E-state index is 0.316. The van der Waals surface area contributed by atoms with E-state index in [2.05, 4.69) is 29.4 Å². The topological polar surface area (TPSA) is 70.7 Å². The van der Waals surface area contributed by atoms with Gasteiger partial charge in [-0.25, -0.2) is 4.79 Å². The first-order valence-corrected chi connectivity index (χ1v) is 11.1. The second kappa shape index (κ2) is 11.2. The molecule has 1 aliphatic heterocycles. The SMILES string of the molecule is CC(C)N1CCC(CNC(=O)[C@H](OC(=O)Nc2ccc(Cl)cc2)c2ccccc2)CC1. The van der Waals surface area contributed by atoms with Gasteiger partial charge in [-0.05, 0) is 70.0 Å². The first-order valence-electron chi connectivity index (χ1n) is 10.7. The third-order valence-corrected chi connectivity index (χ3v) is 5.85. The summed E-state index contributed by atoms with van der Waals surface area (Å²) in [7, 11) is 0. The first kappa shape index (κ1) is 23.1. The number of carbonyl (C=O) groups excluding carboxylic acids is 2. The van der Waals surface area contributed by atoms with Gasteiger partial charge < -0.3 is 15.0 Å². The highest BCUT2D eigenvalue weighted by Crippen LogP contribution is 2.22. The van der Waals surface area contributed by atoms with Crippen molar-refractivity contribution in [3.8, 4) is 0 Å². The van der Waals surface area contributed by atoms with E-state index in [1.54, 1.807) is 36.4 Å². The molecule has 0 aromatic heterocycles. The quantitative estimate of drug-likeness (QED) is 0.640. The molecule has 2 aromatic rings. The van der Waals surface area contributed by atoms with Crippen molar-refractivity contribution in [2.75, 3.05) is 25.0 Å². The van der Waals surface area contributed by atoms with Gasteiger partial charge in [-0.2, -0.15) is 0 Å². The summed E-state index contributed by atoms with van der Waals surface area (Å²) < 4.78 is 5.52. The molecule has 2 amide bonds. The normalized spacial score (nSPS) is 16.0. The van der Waals surface area contributed by atoms with E-state index < -0.39 is 12.2 Å². The Hall–Kier alpha value is -2.57. The number of piperidine rings is 1. The molecule has 0 unspecified atom stereocenters. The lowest BCUT2D eigenvalue weighted by atomic mass is 9.96. The van der Waals surface area contributed by atoms with Crippen LogP contribution in [-0.2, 0) is 9.53 Å². The number of anilines is 1. The number of benzene rings is 2. The van der Waals surface area contributed by atoms with Crippen molar-refractivity contribution in [2.45, 2.75) is 38.8 Å². The summed E-state index contributed by atoms with van der Waals surface area (Å²) >= 11 is 5.88. The summed E-state index contributed by atoms with van der Waals surface area (Å²) in [6, 6.07) is 16.3. The zero-order valence-corrected chi connectivity index (χ0v) is 18.8.